The molecular weight excluding hydrogens is 202 g/mol. The van der Waals surface area contributed by atoms with Crippen molar-refractivity contribution in [2.45, 2.75) is 20.3 Å². The van der Waals surface area contributed by atoms with Crippen molar-refractivity contribution in [3.8, 4) is 0 Å². The molecule has 1 aliphatic rings. The number of amides is 1. The number of benzene rings is 1. The molecular formula is C13H17NO2. The first-order valence-electron chi connectivity index (χ1n) is 5.60. The Bertz CT molecular complexity index is 397. The molecule has 0 radical (unpaired) electrons. The molecule has 1 aromatic rings. The second kappa shape index (κ2) is 4.66. The van der Waals surface area contributed by atoms with Gasteiger partial charge in [0.25, 0.3) is 0 Å². The monoisotopic (exact) mass is 219 g/mol. The highest BCUT2D eigenvalue weighted by Gasteiger charge is 2.21. The number of carbonyl (C=O) groups excluding carboxylic acids is 1. The zero-order valence-corrected chi connectivity index (χ0v) is 9.75. The van der Waals surface area contributed by atoms with Crippen LogP contribution >= 0.6 is 0 Å². The summed E-state index contributed by atoms with van der Waals surface area (Å²) in [5, 5.41) is 2.96. The van der Waals surface area contributed by atoms with Crippen molar-refractivity contribution in [2.75, 3.05) is 18.5 Å². The number of nitrogens with one attached hydrogen (secondary N) is 1. The van der Waals surface area contributed by atoms with Crippen molar-refractivity contribution in [3.63, 3.8) is 0 Å². The lowest BCUT2D eigenvalue weighted by Gasteiger charge is -2.25. The summed E-state index contributed by atoms with van der Waals surface area (Å²) in [6, 6.07) is 6.08. The molecule has 86 valence electrons. The zero-order chi connectivity index (χ0) is 11.5. The van der Waals surface area contributed by atoms with Gasteiger partial charge in [0, 0.05) is 18.0 Å². The summed E-state index contributed by atoms with van der Waals surface area (Å²) in [6.45, 7) is 5.47. The smallest absolute Gasteiger partial charge is 0.224 e. The molecule has 2 rings (SSSR count). The minimum atomic E-state index is 0.0852. The third-order valence-electron chi connectivity index (χ3n) is 2.85. The number of aryl methyl sites for hydroxylation is 2. The summed E-state index contributed by atoms with van der Waals surface area (Å²) < 4.78 is 5.05. The van der Waals surface area contributed by atoms with E-state index in [-0.39, 0.29) is 5.91 Å². The first-order valence-corrected chi connectivity index (χ1v) is 5.60. The van der Waals surface area contributed by atoms with Gasteiger partial charge in [0.05, 0.1) is 13.2 Å². The van der Waals surface area contributed by atoms with Gasteiger partial charge < -0.3 is 10.1 Å². The fraction of sp³-hybridized carbons (Fsp3) is 0.462. The maximum Gasteiger partial charge on any atom is 0.224 e. The van der Waals surface area contributed by atoms with Gasteiger partial charge >= 0.3 is 0 Å². The van der Waals surface area contributed by atoms with Gasteiger partial charge in [-0.15, -0.1) is 0 Å². The fourth-order valence-corrected chi connectivity index (χ4v) is 1.74. The Morgan fingerprint density at radius 1 is 1.44 bits per heavy atom. The Morgan fingerprint density at radius 3 is 2.81 bits per heavy atom. The highest BCUT2D eigenvalue weighted by atomic mass is 16.5. The van der Waals surface area contributed by atoms with Crippen molar-refractivity contribution in [1.82, 2.24) is 0 Å². The molecule has 1 N–H and O–H groups in total. The molecule has 1 aliphatic heterocycles. The molecule has 0 unspecified atom stereocenters. The molecule has 0 bridgehead atoms. The Hall–Kier alpha value is -1.35. The van der Waals surface area contributed by atoms with Crippen LogP contribution in [0.5, 0.6) is 0 Å². The van der Waals surface area contributed by atoms with E-state index in [1.807, 2.05) is 32.0 Å². The van der Waals surface area contributed by atoms with E-state index in [0.717, 1.165) is 30.0 Å². The van der Waals surface area contributed by atoms with Crippen LogP contribution in [0.15, 0.2) is 18.2 Å². The summed E-state index contributed by atoms with van der Waals surface area (Å²) in [6.07, 6.45) is 0.563. The quantitative estimate of drug-likeness (QED) is 0.847. The molecule has 1 saturated heterocycles. The van der Waals surface area contributed by atoms with Crippen molar-refractivity contribution >= 4 is 11.6 Å². The van der Waals surface area contributed by atoms with Gasteiger partial charge in [-0.25, -0.2) is 0 Å². The molecule has 0 saturated carbocycles. The van der Waals surface area contributed by atoms with Gasteiger partial charge in [0.1, 0.15) is 0 Å². The first kappa shape index (κ1) is 11.1. The zero-order valence-electron chi connectivity index (χ0n) is 9.75. The van der Waals surface area contributed by atoms with Crippen molar-refractivity contribution in [1.29, 1.82) is 0 Å². The number of ether oxygens (including phenoxy) is 1. The molecule has 0 spiro atoms. The van der Waals surface area contributed by atoms with Crippen LogP contribution in [0.1, 0.15) is 17.5 Å². The van der Waals surface area contributed by atoms with E-state index in [0.29, 0.717) is 12.3 Å². The standard InChI is InChI=1S/C13H17NO2/c1-9-3-4-10(2)12(5-9)14-13(15)6-11-7-16-8-11/h3-5,11H,6-8H2,1-2H3,(H,14,15). The summed E-state index contributed by atoms with van der Waals surface area (Å²) in [5.74, 6) is 0.493. The maximum atomic E-state index is 11.7. The van der Waals surface area contributed by atoms with E-state index in [2.05, 4.69) is 5.32 Å². The molecule has 3 nitrogen and oxygen atoms in total. The lowest BCUT2D eigenvalue weighted by Crippen LogP contribution is -2.31. The van der Waals surface area contributed by atoms with E-state index in [1.54, 1.807) is 0 Å². The van der Waals surface area contributed by atoms with Crippen LogP contribution in [0.2, 0.25) is 0 Å². The SMILES string of the molecule is Cc1ccc(C)c(NC(=O)CC2COC2)c1. The molecule has 0 atom stereocenters. The van der Waals surface area contributed by atoms with Crippen LogP contribution in [0, 0.1) is 19.8 Å². The van der Waals surface area contributed by atoms with E-state index in [9.17, 15) is 4.79 Å². The summed E-state index contributed by atoms with van der Waals surface area (Å²) in [5.41, 5.74) is 3.18. The van der Waals surface area contributed by atoms with E-state index < -0.39 is 0 Å². The number of carbonyl (C=O) groups is 1. The Kier molecular flexibility index (Phi) is 3.25. The Balaban J connectivity index is 1.96. The lowest BCUT2D eigenvalue weighted by molar-refractivity contribution is -0.121. The van der Waals surface area contributed by atoms with E-state index in [1.165, 1.54) is 0 Å². The Morgan fingerprint density at radius 2 is 2.19 bits per heavy atom. The minimum Gasteiger partial charge on any atom is -0.381 e. The lowest BCUT2D eigenvalue weighted by atomic mass is 10.0. The molecule has 0 aliphatic carbocycles. The Labute approximate surface area is 95.8 Å². The van der Waals surface area contributed by atoms with Crippen LogP contribution in [-0.2, 0) is 9.53 Å². The van der Waals surface area contributed by atoms with Gasteiger partial charge in [-0.05, 0) is 31.0 Å². The molecule has 1 aromatic carbocycles. The van der Waals surface area contributed by atoms with Gasteiger partial charge in [-0.2, -0.15) is 0 Å². The van der Waals surface area contributed by atoms with Crippen molar-refractivity contribution < 1.29 is 9.53 Å². The first-order chi connectivity index (χ1) is 7.65. The van der Waals surface area contributed by atoms with Crippen LogP contribution < -0.4 is 5.32 Å². The number of hydrogen-bond donors (Lipinski definition) is 1. The van der Waals surface area contributed by atoms with Gasteiger partial charge in [-0.1, -0.05) is 12.1 Å². The summed E-state index contributed by atoms with van der Waals surface area (Å²) >= 11 is 0. The van der Waals surface area contributed by atoms with Crippen LogP contribution in [0.4, 0.5) is 5.69 Å². The molecule has 1 amide bonds. The number of hydrogen-bond acceptors (Lipinski definition) is 2. The van der Waals surface area contributed by atoms with E-state index in [4.69, 9.17) is 4.74 Å². The van der Waals surface area contributed by atoms with Gasteiger partial charge in [-0.3, -0.25) is 4.79 Å². The third-order valence-corrected chi connectivity index (χ3v) is 2.85. The molecule has 0 aromatic heterocycles. The topological polar surface area (TPSA) is 38.3 Å². The maximum absolute atomic E-state index is 11.7. The molecule has 3 heteroatoms. The van der Waals surface area contributed by atoms with Gasteiger partial charge in [0.2, 0.25) is 5.91 Å². The van der Waals surface area contributed by atoms with Gasteiger partial charge in [0.15, 0.2) is 0 Å². The number of rotatable bonds is 3. The predicted molar refractivity (Wildman–Crippen MR) is 63.5 cm³/mol. The van der Waals surface area contributed by atoms with Crippen molar-refractivity contribution in [3.05, 3.63) is 29.3 Å². The molecule has 1 fully saturated rings. The fourth-order valence-electron chi connectivity index (χ4n) is 1.74. The van der Waals surface area contributed by atoms with Crippen molar-refractivity contribution in [2.24, 2.45) is 5.92 Å². The average molecular weight is 219 g/mol. The van der Waals surface area contributed by atoms with Crippen LogP contribution in [-0.4, -0.2) is 19.1 Å². The minimum absolute atomic E-state index is 0.0852. The molecule has 1 heterocycles. The average Bonchev–Trinajstić information content (AvgIpc) is 2.18. The number of anilines is 1. The summed E-state index contributed by atoms with van der Waals surface area (Å²) in [4.78, 5) is 11.7. The highest BCUT2D eigenvalue weighted by Crippen LogP contribution is 2.19. The van der Waals surface area contributed by atoms with Crippen LogP contribution in [0.25, 0.3) is 0 Å². The second-order valence-electron chi connectivity index (χ2n) is 4.47. The van der Waals surface area contributed by atoms with Crippen LogP contribution in [0.3, 0.4) is 0 Å². The highest BCUT2D eigenvalue weighted by molar-refractivity contribution is 5.91. The second-order valence-corrected chi connectivity index (χ2v) is 4.47. The molecule has 16 heavy (non-hydrogen) atoms. The summed E-state index contributed by atoms with van der Waals surface area (Å²) in [7, 11) is 0. The van der Waals surface area contributed by atoms with E-state index >= 15 is 0 Å². The predicted octanol–water partition coefficient (Wildman–Crippen LogP) is 2.28. The normalized spacial score (nSPS) is 15.6. The largest absolute Gasteiger partial charge is 0.381 e. The third kappa shape index (κ3) is 2.61.